The Morgan fingerprint density at radius 3 is 3.05 bits per heavy atom. The first-order chi connectivity index (χ1) is 9.28. The molecule has 0 unspecified atom stereocenters. The van der Waals surface area contributed by atoms with Gasteiger partial charge in [0.2, 0.25) is 0 Å². The van der Waals surface area contributed by atoms with Gasteiger partial charge < -0.3 is 14.0 Å². The molecule has 0 amide bonds. The first kappa shape index (κ1) is 13.1. The van der Waals surface area contributed by atoms with E-state index in [9.17, 15) is 0 Å². The molecule has 19 heavy (non-hydrogen) atoms. The highest BCUT2D eigenvalue weighted by Crippen LogP contribution is 2.32. The standard InChI is InChI=1S/C14H23N3O2/c1-16-8-6-15-14(16)9-17-7-5-13-12(17)4-3-11(19-13)10-18-2/h6,8,11-13H,3-5,7,9-10H2,1-2H3/t11-,12-,13-/m0/s1. The normalized spacial score (nSPS) is 31.6. The average molecular weight is 265 g/mol. The Labute approximate surface area is 114 Å². The van der Waals surface area contributed by atoms with Crippen molar-refractivity contribution in [3.8, 4) is 0 Å². The molecule has 2 aliphatic heterocycles. The van der Waals surface area contributed by atoms with Gasteiger partial charge >= 0.3 is 0 Å². The van der Waals surface area contributed by atoms with E-state index in [-0.39, 0.29) is 0 Å². The van der Waals surface area contributed by atoms with E-state index in [0.717, 1.165) is 38.4 Å². The SMILES string of the molecule is COC[C@@H]1CC[C@H]2[C@H](CCN2Cc2nccn2C)O1. The van der Waals surface area contributed by atoms with Gasteiger partial charge in [-0.2, -0.15) is 0 Å². The summed E-state index contributed by atoms with van der Waals surface area (Å²) >= 11 is 0. The summed E-state index contributed by atoms with van der Waals surface area (Å²) in [5.74, 6) is 1.14. The lowest BCUT2D eigenvalue weighted by Crippen LogP contribution is -2.43. The lowest BCUT2D eigenvalue weighted by atomic mass is 9.99. The van der Waals surface area contributed by atoms with Gasteiger partial charge in [-0.1, -0.05) is 0 Å². The number of ether oxygens (including phenoxy) is 2. The van der Waals surface area contributed by atoms with Gasteiger partial charge in [0.15, 0.2) is 0 Å². The van der Waals surface area contributed by atoms with Crippen LogP contribution in [-0.2, 0) is 23.1 Å². The van der Waals surface area contributed by atoms with Crippen LogP contribution in [0.15, 0.2) is 12.4 Å². The van der Waals surface area contributed by atoms with Gasteiger partial charge in [-0.15, -0.1) is 0 Å². The van der Waals surface area contributed by atoms with E-state index >= 15 is 0 Å². The summed E-state index contributed by atoms with van der Waals surface area (Å²) in [5.41, 5.74) is 0. The van der Waals surface area contributed by atoms with Crippen LogP contribution in [0, 0.1) is 0 Å². The zero-order valence-electron chi connectivity index (χ0n) is 11.8. The molecule has 0 N–H and O–H groups in total. The maximum Gasteiger partial charge on any atom is 0.122 e. The van der Waals surface area contributed by atoms with Gasteiger partial charge in [0, 0.05) is 39.1 Å². The van der Waals surface area contributed by atoms with Gasteiger partial charge in [-0.05, 0) is 19.3 Å². The lowest BCUT2D eigenvalue weighted by Gasteiger charge is -2.35. The Hall–Kier alpha value is -0.910. The van der Waals surface area contributed by atoms with Crippen LogP contribution in [0.1, 0.15) is 25.1 Å². The number of rotatable bonds is 4. The number of aromatic nitrogens is 2. The van der Waals surface area contributed by atoms with Crippen LogP contribution in [0.2, 0.25) is 0 Å². The van der Waals surface area contributed by atoms with Crippen molar-refractivity contribution in [3.05, 3.63) is 18.2 Å². The van der Waals surface area contributed by atoms with Crippen LogP contribution >= 0.6 is 0 Å². The summed E-state index contributed by atoms with van der Waals surface area (Å²) < 4.78 is 13.4. The molecular formula is C14H23N3O2. The fourth-order valence-electron chi connectivity index (χ4n) is 3.32. The molecule has 2 aliphatic rings. The molecule has 0 bridgehead atoms. The Bertz CT molecular complexity index is 421. The molecule has 2 fully saturated rings. The van der Waals surface area contributed by atoms with Crippen molar-refractivity contribution in [1.82, 2.24) is 14.5 Å². The number of imidazole rings is 1. The molecule has 1 aromatic rings. The van der Waals surface area contributed by atoms with Crippen LogP contribution in [-0.4, -0.2) is 53.0 Å². The molecule has 5 nitrogen and oxygen atoms in total. The van der Waals surface area contributed by atoms with Gasteiger partial charge in [-0.25, -0.2) is 4.98 Å². The van der Waals surface area contributed by atoms with E-state index in [1.165, 1.54) is 6.42 Å². The molecule has 2 saturated heterocycles. The van der Waals surface area contributed by atoms with E-state index < -0.39 is 0 Å². The molecule has 3 rings (SSSR count). The third-order valence-corrected chi connectivity index (χ3v) is 4.37. The van der Waals surface area contributed by atoms with Gasteiger partial charge in [-0.3, -0.25) is 4.90 Å². The van der Waals surface area contributed by atoms with Crippen molar-refractivity contribution in [2.45, 2.75) is 44.1 Å². The molecule has 0 aromatic carbocycles. The molecule has 0 spiro atoms. The highest BCUT2D eigenvalue weighted by molar-refractivity contribution is 4.97. The largest absolute Gasteiger partial charge is 0.382 e. The molecule has 0 radical (unpaired) electrons. The second-order valence-electron chi connectivity index (χ2n) is 5.61. The molecule has 3 atom stereocenters. The molecule has 0 saturated carbocycles. The predicted octanol–water partition coefficient (Wildman–Crippen LogP) is 1.19. The first-order valence-corrected chi connectivity index (χ1v) is 7.12. The third-order valence-electron chi connectivity index (χ3n) is 4.37. The second-order valence-corrected chi connectivity index (χ2v) is 5.61. The quantitative estimate of drug-likeness (QED) is 0.820. The number of methoxy groups -OCH3 is 1. The number of hydrogen-bond donors (Lipinski definition) is 0. The number of aryl methyl sites for hydroxylation is 1. The first-order valence-electron chi connectivity index (χ1n) is 7.12. The number of fused-ring (bicyclic) bond motifs is 1. The summed E-state index contributed by atoms with van der Waals surface area (Å²) in [7, 11) is 3.80. The van der Waals surface area contributed by atoms with E-state index in [1.54, 1.807) is 7.11 Å². The van der Waals surface area contributed by atoms with Crippen molar-refractivity contribution >= 4 is 0 Å². The number of nitrogens with zero attached hydrogens (tertiary/aromatic N) is 3. The highest BCUT2D eigenvalue weighted by atomic mass is 16.5. The van der Waals surface area contributed by atoms with Crippen molar-refractivity contribution in [3.63, 3.8) is 0 Å². The Kier molecular flexibility index (Phi) is 3.86. The molecular weight excluding hydrogens is 242 g/mol. The van der Waals surface area contributed by atoms with Gasteiger partial charge in [0.05, 0.1) is 25.4 Å². The van der Waals surface area contributed by atoms with Crippen LogP contribution in [0.3, 0.4) is 0 Å². The second kappa shape index (κ2) is 5.61. The molecule has 3 heterocycles. The number of hydrogen-bond acceptors (Lipinski definition) is 4. The Morgan fingerprint density at radius 2 is 2.32 bits per heavy atom. The molecule has 0 aliphatic carbocycles. The molecule has 106 valence electrons. The zero-order valence-corrected chi connectivity index (χ0v) is 11.8. The monoisotopic (exact) mass is 265 g/mol. The Morgan fingerprint density at radius 1 is 1.42 bits per heavy atom. The maximum atomic E-state index is 6.14. The van der Waals surface area contributed by atoms with Crippen LogP contribution in [0.4, 0.5) is 0 Å². The summed E-state index contributed by atoms with van der Waals surface area (Å²) in [5, 5.41) is 0. The van der Waals surface area contributed by atoms with Crippen molar-refractivity contribution < 1.29 is 9.47 Å². The topological polar surface area (TPSA) is 39.5 Å². The highest BCUT2D eigenvalue weighted by Gasteiger charge is 2.39. The minimum absolute atomic E-state index is 0.291. The average Bonchev–Trinajstić information content (AvgIpc) is 2.98. The predicted molar refractivity (Wildman–Crippen MR) is 71.8 cm³/mol. The summed E-state index contributed by atoms with van der Waals surface area (Å²) in [6.45, 7) is 2.77. The third kappa shape index (κ3) is 2.68. The number of likely N-dealkylation sites (tertiary alicyclic amines) is 1. The fraction of sp³-hybridized carbons (Fsp3) is 0.786. The van der Waals surface area contributed by atoms with Gasteiger partial charge in [0.25, 0.3) is 0 Å². The zero-order chi connectivity index (χ0) is 13.2. The van der Waals surface area contributed by atoms with E-state index in [1.807, 2.05) is 12.4 Å². The molecule has 1 aromatic heterocycles. The fourth-order valence-corrected chi connectivity index (χ4v) is 3.32. The van der Waals surface area contributed by atoms with Gasteiger partial charge in [0.1, 0.15) is 5.82 Å². The summed E-state index contributed by atoms with van der Waals surface area (Å²) in [6, 6.07) is 0.560. The van der Waals surface area contributed by atoms with Crippen molar-refractivity contribution in [2.24, 2.45) is 7.05 Å². The summed E-state index contributed by atoms with van der Waals surface area (Å²) in [6.07, 6.45) is 8.00. The van der Waals surface area contributed by atoms with E-state index in [0.29, 0.717) is 18.2 Å². The minimum atomic E-state index is 0.291. The van der Waals surface area contributed by atoms with Crippen LogP contribution < -0.4 is 0 Å². The smallest absolute Gasteiger partial charge is 0.122 e. The van der Waals surface area contributed by atoms with Crippen molar-refractivity contribution in [2.75, 3.05) is 20.3 Å². The van der Waals surface area contributed by atoms with E-state index in [2.05, 4.69) is 21.5 Å². The maximum absolute atomic E-state index is 6.14. The van der Waals surface area contributed by atoms with E-state index in [4.69, 9.17) is 9.47 Å². The van der Waals surface area contributed by atoms with Crippen LogP contribution in [0.5, 0.6) is 0 Å². The minimum Gasteiger partial charge on any atom is -0.382 e. The lowest BCUT2D eigenvalue weighted by molar-refractivity contribution is -0.0940. The molecule has 5 heteroatoms. The van der Waals surface area contributed by atoms with Crippen LogP contribution in [0.25, 0.3) is 0 Å². The van der Waals surface area contributed by atoms with Crippen molar-refractivity contribution in [1.29, 1.82) is 0 Å². The Balaban J connectivity index is 1.60. The summed E-state index contributed by atoms with van der Waals surface area (Å²) in [4.78, 5) is 6.95.